The maximum absolute atomic E-state index is 3.67. The van der Waals surface area contributed by atoms with Crippen LogP contribution in [0.2, 0.25) is 0 Å². The Morgan fingerprint density at radius 3 is 1.62 bits per heavy atom. The molecule has 0 spiro atoms. The molecule has 0 unspecified atom stereocenters. The Morgan fingerprint density at radius 2 is 1.62 bits per heavy atom. The van der Waals surface area contributed by atoms with Gasteiger partial charge in [0, 0.05) is 22.4 Å². The second-order valence-corrected chi connectivity index (χ2v) is 1.96. The molecule has 0 rings (SSSR count). The van der Waals surface area contributed by atoms with E-state index in [1.54, 1.807) is 0 Å². The zero-order valence-electron chi connectivity index (χ0n) is 5.73. The maximum atomic E-state index is 3.67. The Kier molecular flexibility index (Phi) is 14.4. The second kappa shape index (κ2) is 10.3. The molecule has 0 atom stereocenters. The van der Waals surface area contributed by atoms with Crippen LogP contribution in [0, 0.1) is 5.92 Å². The molecule has 0 aliphatic heterocycles. The highest BCUT2D eigenvalue weighted by Gasteiger charge is 1.97. The largest absolute Gasteiger partial charge is 0.0891 e. The molecule has 2 heteroatoms. The van der Waals surface area contributed by atoms with E-state index in [0.29, 0.717) is 0 Å². The van der Waals surface area contributed by atoms with Crippen molar-refractivity contribution in [1.82, 2.24) is 0 Å². The third kappa shape index (κ3) is 16.2. The molecule has 0 aromatic heterocycles. The minimum Gasteiger partial charge on any atom is -0.0613 e. The van der Waals surface area contributed by atoms with Crippen LogP contribution in [0.1, 0.15) is 33.6 Å². The van der Waals surface area contributed by atoms with Crippen molar-refractivity contribution in [1.29, 1.82) is 0 Å². The van der Waals surface area contributed by atoms with Gasteiger partial charge < -0.3 is 0 Å². The monoisotopic (exact) mass is 149 g/mol. The van der Waals surface area contributed by atoms with Gasteiger partial charge in [-0.1, -0.05) is 6.92 Å². The number of rotatable bonds is 2. The first kappa shape index (κ1) is 11.2. The zero-order valence-corrected chi connectivity index (χ0v) is 7.36. The fourth-order valence-electron chi connectivity index (χ4n) is 0.500. The van der Waals surface area contributed by atoms with E-state index < -0.39 is 0 Å². The highest BCUT2D eigenvalue weighted by molar-refractivity contribution is 8.07. The van der Waals surface area contributed by atoms with Gasteiger partial charge in [-0.15, -0.1) is 0 Å². The summed E-state index contributed by atoms with van der Waals surface area (Å²) in [6, 6.07) is 0. The van der Waals surface area contributed by atoms with Crippen LogP contribution >= 0.6 is 0 Å². The molecular formula is C6H13S2+. The summed E-state index contributed by atoms with van der Waals surface area (Å²) in [4.78, 5) is 0. The van der Waals surface area contributed by atoms with Crippen LogP contribution in [0.3, 0.4) is 0 Å². The SMILES string of the molecule is CCC[C+](C)C.S=S. The summed E-state index contributed by atoms with van der Waals surface area (Å²) in [6.45, 7) is 6.54. The molecule has 0 aromatic rings. The van der Waals surface area contributed by atoms with Crippen molar-refractivity contribution in [2.45, 2.75) is 33.6 Å². The zero-order chi connectivity index (χ0) is 6.99. The minimum atomic E-state index is 1.29. The van der Waals surface area contributed by atoms with E-state index in [2.05, 4.69) is 43.1 Å². The van der Waals surface area contributed by atoms with Gasteiger partial charge in [0.2, 0.25) is 0 Å². The lowest BCUT2D eigenvalue weighted by Gasteiger charge is -1.84. The fourth-order valence-corrected chi connectivity index (χ4v) is 0.500. The molecule has 0 radical (unpaired) electrons. The summed E-state index contributed by atoms with van der Waals surface area (Å²) >= 11 is 7.33. The van der Waals surface area contributed by atoms with E-state index in [9.17, 15) is 0 Å². The average Bonchev–Trinajstić information content (AvgIpc) is 1.72. The summed E-state index contributed by atoms with van der Waals surface area (Å²) in [5.41, 5.74) is 0. The van der Waals surface area contributed by atoms with E-state index in [1.807, 2.05) is 0 Å². The molecule has 48 valence electrons. The van der Waals surface area contributed by atoms with Crippen LogP contribution < -0.4 is 0 Å². The van der Waals surface area contributed by atoms with Crippen molar-refractivity contribution in [3.05, 3.63) is 5.92 Å². The summed E-state index contributed by atoms with van der Waals surface area (Å²) in [7, 11) is 0. The maximum Gasteiger partial charge on any atom is 0.0891 e. The Bertz CT molecular complexity index is 35.5. The molecule has 0 N–H and O–H groups in total. The first-order valence-electron chi connectivity index (χ1n) is 2.73. The summed E-state index contributed by atoms with van der Waals surface area (Å²) in [6.07, 6.45) is 2.59. The quantitative estimate of drug-likeness (QED) is 0.553. The fraction of sp³-hybridized carbons (Fsp3) is 0.833. The van der Waals surface area contributed by atoms with Gasteiger partial charge in [0.15, 0.2) is 0 Å². The summed E-state index contributed by atoms with van der Waals surface area (Å²) in [5.74, 6) is 1.54. The third-order valence-corrected chi connectivity index (χ3v) is 0.750. The standard InChI is InChI=1S/C6H13.S2/c1-4-5-6(2)3;1-2/h4-5H2,1-3H3;/q+1;. The van der Waals surface area contributed by atoms with Crippen molar-refractivity contribution in [2.24, 2.45) is 0 Å². The van der Waals surface area contributed by atoms with E-state index >= 15 is 0 Å². The Morgan fingerprint density at radius 1 is 1.25 bits per heavy atom. The summed E-state index contributed by atoms with van der Waals surface area (Å²) in [5, 5.41) is 0. The van der Waals surface area contributed by atoms with Gasteiger partial charge in [-0.05, 0) is 6.42 Å². The summed E-state index contributed by atoms with van der Waals surface area (Å²) < 4.78 is 0. The topological polar surface area (TPSA) is 0 Å². The van der Waals surface area contributed by atoms with Crippen LogP contribution in [-0.4, -0.2) is 0 Å². The highest BCUT2D eigenvalue weighted by atomic mass is 32.8. The second-order valence-electron chi connectivity index (χ2n) is 1.96. The molecule has 0 fully saturated rings. The predicted molar refractivity (Wildman–Crippen MR) is 44.2 cm³/mol. The molecular weight excluding hydrogens is 136 g/mol. The van der Waals surface area contributed by atoms with Gasteiger partial charge in [-0.25, -0.2) is 0 Å². The lowest BCUT2D eigenvalue weighted by Crippen LogP contribution is -1.78. The molecule has 0 amide bonds. The molecule has 0 heterocycles. The van der Waals surface area contributed by atoms with Gasteiger partial charge in [-0.3, -0.25) is 0 Å². The van der Waals surface area contributed by atoms with Crippen molar-refractivity contribution in [2.75, 3.05) is 0 Å². The molecule has 0 aromatic carbocycles. The van der Waals surface area contributed by atoms with Gasteiger partial charge in [0.1, 0.15) is 0 Å². The normalized spacial score (nSPS) is 6.88. The van der Waals surface area contributed by atoms with Crippen molar-refractivity contribution < 1.29 is 0 Å². The van der Waals surface area contributed by atoms with Crippen LogP contribution in [-0.2, 0) is 22.4 Å². The smallest absolute Gasteiger partial charge is 0.0613 e. The Balaban J connectivity index is 0. The Labute approximate surface area is 62.3 Å². The van der Waals surface area contributed by atoms with Crippen LogP contribution in [0.4, 0.5) is 0 Å². The van der Waals surface area contributed by atoms with Gasteiger partial charge in [0.05, 0.1) is 26.2 Å². The highest BCUT2D eigenvalue weighted by Crippen LogP contribution is 2.03. The lowest BCUT2D eigenvalue weighted by molar-refractivity contribution is 0.807. The number of hydrogen-bond donors (Lipinski definition) is 0. The molecule has 0 nitrogen and oxygen atoms in total. The first-order chi connectivity index (χ1) is 3.77. The van der Waals surface area contributed by atoms with Crippen LogP contribution in [0.15, 0.2) is 0 Å². The average molecular weight is 149 g/mol. The molecule has 0 aliphatic rings. The van der Waals surface area contributed by atoms with E-state index in [0.717, 1.165) is 0 Å². The van der Waals surface area contributed by atoms with Gasteiger partial charge in [0.25, 0.3) is 0 Å². The van der Waals surface area contributed by atoms with Crippen molar-refractivity contribution in [3.8, 4) is 0 Å². The predicted octanol–water partition coefficient (Wildman–Crippen LogP) is 2.40. The van der Waals surface area contributed by atoms with Crippen molar-refractivity contribution >= 4 is 22.4 Å². The van der Waals surface area contributed by atoms with E-state index in [4.69, 9.17) is 0 Å². The molecule has 0 saturated heterocycles. The molecule has 0 saturated carbocycles. The molecule has 8 heavy (non-hydrogen) atoms. The molecule has 0 bridgehead atoms. The minimum absolute atomic E-state index is 1.29. The van der Waals surface area contributed by atoms with Gasteiger partial charge in [-0.2, -0.15) is 0 Å². The number of hydrogen-bond acceptors (Lipinski definition) is 2. The van der Waals surface area contributed by atoms with Gasteiger partial charge >= 0.3 is 0 Å². The van der Waals surface area contributed by atoms with E-state index in [1.165, 1.54) is 18.8 Å². The Hall–Kier alpha value is 0.310. The lowest BCUT2D eigenvalue weighted by atomic mass is 10.1. The van der Waals surface area contributed by atoms with Crippen LogP contribution in [0.25, 0.3) is 0 Å². The third-order valence-electron chi connectivity index (χ3n) is 0.750. The van der Waals surface area contributed by atoms with E-state index in [-0.39, 0.29) is 0 Å². The first-order valence-corrected chi connectivity index (χ1v) is 4.06. The van der Waals surface area contributed by atoms with Crippen LogP contribution in [0.5, 0.6) is 0 Å². The molecule has 0 aliphatic carbocycles. The van der Waals surface area contributed by atoms with Crippen molar-refractivity contribution in [3.63, 3.8) is 0 Å².